The number of piperazine rings is 2. The zero-order valence-electron chi connectivity index (χ0n) is 37.1. The van der Waals surface area contributed by atoms with E-state index in [0.29, 0.717) is 46.4 Å². The Balaban J connectivity index is 0.000000240. The first kappa shape index (κ1) is 49.7. The van der Waals surface area contributed by atoms with Gasteiger partial charge in [0.05, 0.1) is 22.5 Å². The minimum atomic E-state index is -1.26. The quantitative estimate of drug-likeness (QED) is 0.0694. The maximum Gasteiger partial charge on any atom is 0.328 e. The van der Waals surface area contributed by atoms with Crippen molar-refractivity contribution in [2.45, 2.75) is 12.8 Å². The normalized spacial score (nSPS) is 14.1. The molecule has 0 aliphatic carbocycles. The van der Waals surface area contributed by atoms with E-state index in [1.54, 1.807) is 86.8 Å². The molecular formula is C46H62N10O8. The number of aromatic hydroxyl groups is 2. The summed E-state index contributed by atoms with van der Waals surface area (Å²) in [4.78, 5) is 64.7. The number of benzene rings is 2. The smallest absolute Gasteiger partial charge is 0.328 e. The van der Waals surface area contributed by atoms with Crippen LogP contribution in [-0.2, 0) is 9.59 Å². The Morgan fingerprint density at radius 2 is 0.922 bits per heavy atom. The summed E-state index contributed by atoms with van der Waals surface area (Å²) < 4.78 is 0. The molecule has 4 aromatic rings. The molecule has 2 aromatic heterocycles. The van der Waals surface area contributed by atoms with Crippen LogP contribution in [0.3, 0.4) is 0 Å². The van der Waals surface area contributed by atoms with Crippen LogP contribution < -0.4 is 20.4 Å². The lowest BCUT2D eigenvalue weighted by Crippen LogP contribution is -2.46. The van der Waals surface area contributed by atoms with E-state index in [1.165, 1.54) is 0 Å². The zero-order chi connectivity index (χ0) is 46.4. The molecule has 18 heteroatoms. The van der Waals surface area contributed by atoms with E-state index in [4.69, 9.17) is 10.2 Å². The zero-order valence-corrected chi connectivity index (χ0v) is 37.1. The SMILES string of the molecule is CN(C)C(=O)c1cccnc1NCCCN1CCN(c2ccccc2O)CC1.CN(C)C(=O)c1cccnc1NCCCN1CCN(c2ccccc2O)CC1.O=C(O)/C=C/C(=O)O. The molecule has 2 aromatic carbocycles. The predicted molar refractivity (Wildman–Crippen MR) is 249 cm³/mol. The number of pyridine rings is 2. The first-order chi connectivity index (χ1) is 30.7. The van der Waals surface area contributed by atoms with Crippen LogP contribution in [0.2, 0.25) is 0 Å². The van der Waals surface area contributed by atoms with E-state index < -0.39 is 11.9 Å². The molecule has 2 saturated heterocycles. The van der Waals surface area contributed by atoms with Gasteiger partial charge < -0.3 is 50.7 Å². The second-order valence-electron chi connectivity index (χ2n) is 15.4. The standard InChI is InChI=1S/2C21H29N5O2.C4H4O4/c2*1-24(2)21(28)17-7-5-10-22-20(17)23-11-6-12-25-13-15-26(16-14-25)18-8-3-4-9-19(18)27;5-3(6)1-2-4(7)8/h2*3-5,7-10,27H,6,11-16H2,1-2H3,(H,22,23);1-2H,(H,5,6)(H,7,8)/b;;2-1+. The molecular weight excluding hydrogens is 821 g/mol. The molecule has 0 spiro atoms. The number of para-hydroxylation sites is 4. The number of rotatable bonds is 16. The summed E-state index contributed by atoms with van der Waals surface area (Å²) in [7, 11) is 6.98. The third-order valence-corrected chi connectivity index (χ3v) is 10.3. The molecule has 6 rings (SSSR count). The number of amides is 2. The Kier molecular flexibility index (Phi) is 20.1. The number of phenols is 2. The number of carboxylic acids is 2. The van der Waals surface area contributed by atoms with Crippen molar-refractivity contribution < 1.29 is 39.6 Å². The van der Waals surface area contributed by atoms with Crippen LogP contribution in [0.1, 0.15) is 33.6 Å². The predicted octanol–water partition coefficient (Wildman–Crippen LogP) is 3.94. The van der Waals surface area contributed by atoms with Gasteiger partial charge in [0.25, 0.3) is 11.8 Å². The van der Waals surface area contributed by atoms with Gasteiger partial charge in [-0.25, -0.2) is 19.6 Å². The summed E-state index contributed by atoms with van der Waals surface area (Å²) in [5, 5.41) is 42.2. The third kappa shape index (κ3) is 16.1. The van der Waals surface area contributed by atoms with E-state index in [9.17, 15) is 29.4 Å². The van der Waals surface area contributed by atoms with Gasteiger partial charge in [0, 0.05) is 118 Å². The number of hydrogen-bond donors (Lipinski definition) is 6. The number of carbonyl (C=O) groups excluding carboxylic acids is 2. The van der Waals surface area contributed by atoms with Gasteiger partial charge in [0.15, 0.2) is 0 Å². The maximum atomic E-state index is 12.2. The highest BCUT2D eigenvalue weighted by Gasteiger charge is 2.21. The number of hydrogen-bond acceptors (Lipinski definition) is 14. The van der Waals surface area contributed by atoms with E-state index in [2.05, 4.69) is 40.2 Å². The number of nitrogens with zero attached hydrogens (tertiary/aromatic N) is 8. The average Bonchev–Trinajstić information content (AvgIpc) is 3.29. The molecule has 4 heterocycles. The van der Waals surface area contributed by atoms with Crippen LogP contribution in [0.25, 0.3) is 0 Å². The van der Waals surface area contributed by atoms with Crippen molar-refractivity contribution in [1.82, 2.24) is 29.6 Å². The first-order valence-electron chi connectivity index (χ1n) is 21.2. The van der Waals surface area contributed by atoms with Crippen molar-refractivity contribution >= 4 is 46.8 Å². The summed E-state index contributed by atoms with van der Waals surface area (Å²) in [6.07, 6.45) is 6.47. The molecule has 6 N–H and O–H groups in total. The Morgan fingerprint density at radius 1 is 0.562 bits per heavy atom. The molecule has 0 radical (unpaired) electrons. The number of anilines is 4. The van der Waals surface area contributed by atoms with Gasteiger partial charge >= 0.3 is 11.9 Å². The molecule has 344 valence electrons. The van der Waals surface area contributed by atoms with Crippen molar-refractivity contribution in [2.24, 2.45) is 0 Å². The van der Waals surface area contributed by atoms with Gasteiger partial charge in [-0.05, 0) is 74.5 Å². The van der Waals surface area contributed by atoms with Crippen molar-refractivity contribution in [3.63, 3.8) is 0 Å². The Bertz CT molecular complexity index is 1990. The average molecular weight is 883 g/mol. The first-order valence-corrected chi connectivity index (χ1v) is 21.2. The van der Waals surface area contributed by atoms with Gasteiger partial charge in [0.2, 0.25) is 0 Å². The molecule has 18 nitrogen and oxygen atoms in total. The molecule has 0 atom stereocenters. The molecule has 0 bridgehead atoms. The van der Waals surface area contributed by atoms with Crippen LogP contribution in [0, 0.1) is 0 Å². The Morgan fingerprint density at radius 3 is 1.25 bits per heavy atom. The molecule has 2 fully saturated rings. The van der Waals surface area contributed by atoms with Crippen LogP contribution in [-0.4, -0.2) is 180 Å². The number of aliphatic carboxylic acids is 2. The highest BCUT2D eigenvalue weighted by atomic mass is 16.4. The van der Waals surface area contributed by atoms with Gasteiger partial charge in [-0.3, -0.25) is 19.4 Å². The van der Waals surface area contributed by atoms with Crippen molar-refractivity contribution in [3.05, 3.63) is 108 Å². The van der Waals surface area contributed by atoms with E-state index >= 15 is 0 Å². The number of aromatic nitrogens is 2. The largest absolute Gasteiger partial charge is 0.506 e. The number of phenolic OH excluding ortho intramolecular Hbond substituents is 2. The van der Waals surface area contributed by atoms with E-state index in [0.717, 1.165) is 103 Å². The maximum absolute atomic E-state index is 12.2. The monoisotopic (exact) mass is 882 g/mol. The molecule has 2 aliphatic rings. The van der Waals surface area contributed by atoms with Crippen molar-refractivity contribution in [1.29, 1.82) is 0 Å². The van der Waals surface area contributed by atoms with Crippen LogP contribution >= 0.6 is 0 Å². The van der Waals surface area contributed by atoms with Crippen LogP contribution in [0.5, 0.6) is 11.5 Å². The number of carbonyl (C=O) groups is 4. The lowest BCUT2D eigenvalue weighted by molar-refractivity contribution is -0.134. The highest BCUT2D eigenvalue weighted by molar-refractivity contribution is 5.99. The number of carboxylic acid groups (broad SMARTS) is 2. The Labute approximate surface area is 375 Å². The molecule has 2 aliphatic heterocycles. The van der Waals surface area contributed by atoms with Gasteiger partial charge in [-0.15, -0.1) is 0 Å². The molecule has 2 amide bonds. The fourth-order valence-electron chi connectivity index (χ4n) is 6.97. The van der Waals surface area contributed by atoms with E-state index in [1.807, 2.05) is 36.4 Å². The second kappa shape index (κ2) is 25.9. The minimum Gasteiger partial charge on any atom is -0.506 e. The summed E-state index contributed by atoms with van der Waals surface area (Å²) in [5.41, 5.74) is 3.03. The fraction of sp³-hybridized carbons (Fsp3) is 0.391. The van der Waals surface area contributed by atoms with Gasteiger partial charge in [-0.2, -0.15) is 0 Å². The summed E-state index contributed by atoms with van der Waals surface area (Å²) in [6, 6.07) is 22.2. The third-order valence-electron chi connectivity index (χ3n) is 10.3. The summed E-state index contributed by atoms with van der Waals surface area (Å²) in [5.74, 6) is -0.625. The van der Waals surface area contributed by atoms with Gasteiger partial charge in [-0.1, -0.05) is 24.3 Å². The second-order valence-corrected chi connectivity index (χ2v) is 15.4. The van der Waals surface area contributed by atoms with Crippen molar-refractivity contribution in [2.75, 3.05) is 127 Å². The fourth-order valence-corrected chi connectivity index (χ4v) is 6.97. The lowest BCUT2D eigenvalue weighted by Gasteiger charge is -2.36. The van der Waals surface area contributed by atoms with E-state index in [-0.39, 0.29) is 11.8 Å². The molecule has 0 unspecified atom stereocenters. The Hall–Kier alpha value is -6.92. The van der Waals surface area contributed by atoms with Crippen molar-refractivity contribution in [3.8, 4) is 11.5 Å². The van der Waals surface area contributed by atoms with Crippen LogP contribution in [0.4, 0.5) is 23.0 Å². The minimum absolute atomic E-state index is 0.0455. The molecule has 64 heavy (non-hydrogen) atoms. The van der Waals surface area contributed by atoms with Gasteiger partial charge in [0.1, 0.15) is 23.1 Å². The summed E-state index contributed by atoms with van der Waals surface area (Å²) >= 11 is 0. The number of nitrogens with one attached hydrogen (secondary N) is 2. The topological polar surface area (TPSA) is 218 Å². The molecule has 0 saturated carbocycles. The highest BCUT2D eigenvalue weighted by Crippen LogP contribution is 2.28. The van der Waals surface area contributed by atoms with Crippen LogP contribution in [0.15, 0.2) is 97.3 Å². The summed E-state index contributed by atoms with van der Waals surface area (Å²) in [6.45, 7) is 11.1. The lowest BCUT2D eigenvalue weighted by atomic mass is 10.2.